The minimum atomic E-state index is -3.14. The molecular weight excluding hydrogens is 248 g/mol. The highest BCUT2D eigenvalue weighted by Gasteiger charge is 2.24. The SMILES string of the molecule is CCC(CC)C(C)NS(=O)(=O)CC1CCCNC1. The number of rotatable bonds is 7. The van der Waals surface area contributed by atoms with Crippen LogP contribution in [0.4, 0.5) is 0 Å². The first-order valence-corrected chi connectivity index (χ1v) is 8.84. The normalized spacial score (nSPS) is 23.2. The van der Waals surface area contributed by atoms with Crippen molar-refractivity contribution >= 4 is 10.0 Å². The smallest absolute Gasteiger partial charge is 0.212 e. The number of hydrogen-bond acceptors (Lipinski definition) is 3. The van der Waals surface area contributed by atoms with E-state index in [0.717, 1.165) is 38.8 Å². The highest BCUT2D eigenvalue weighted by atomic mass is 32.2. The molecule has 1 aliphatic rings. The lowest BCUT2D eigenvalue weighted by atomic mass is 9.96. The molecule has 2 atom stereocenters. The molecule has 0 amide bonds. The maximum absolute atomic E-state index is 12.1. The summed E-state index contributed by atoms with van der Waals surface area (Å²) in [5, 5.41) is 3.26. The molecule has 0 aliphatic carbocycles. The standard InChI is InChI=1S/C13H28N2O2S/c1-4-13(5-2)11(3)15-18(16,17)10-12-7-6-8-14-9-12/h11-15H,4-10H2,1-3H3. The van der Waals surface area contributed by atoms with Crippen LogP contribution in [0.15, 0.2) is 0 Å². The first kappa shape index (κ1) is 15.9. The van der Waals surface area contributed by atoms with Crippen molar-refractivity contribution < 1.29 is 8.42 Å². The summed E-state index contributed by atoms with van der Waals surface area (Å²) in [6.45, 7) is 8.07. The van der Waals surface area contributed by atoms with Gasteiger partial charge in [-0.2, -0.15) is 0 Å². The molecule has 18 heavy (non-hydrogen) atoms. The fourth-order valence-electron chi connectivity index (χ4n) is 2.80. The molecule has 1 rings (SSSR count). The van der Waals surface area contributed by atoms with Crippen LogP contribution in [0.5, 0.6) is 0 Å². The Labute approximate surface area is 112 Å². The van der Waals surface area contributed by atoms with E-state index in [1.54, 1.807) is 0 Å². The van der Waals surface area contributed by atoms with Crippen molar-refractivity contribution in [2.45, 2.75) is 52.5 Å². The van der Waals surface area contributed by atoms with Gasteiger partial charge in [-0.1, -0.05) is 26.7 Å². The van der Waals surface area contributed by atoms with Crippen LogP contribution in [0.25, 0.3) is 0 Å². The summed E-state index contributed by atoms with van der Waals surface area (Å²) < 4.78 is 27.1. The molecule has 0 aromatic heterocycles. The van der Waals surface area contributed by atoms with Crippen molar-refractivity contribution in [3.8, 4) is 0 Å². The van der Waals surface area contributed by atoms with E-state index >= 15 is 0 Å². The van der Waals surface area contributed by atoms with Crippen LogP contribution in [-0.4, -0.2) is 33.3 Å². The summed E-state index contributed by atoms with van der Waals surface area (Å²) in [5.74, 6) is 0.971. The average molecular weight is 276 g/mol. The van der Waals surface area contributed by atoms with Gasteiger partial charge in [0.25, 0.3) is 0 Å². The van der Waals surface area contributed by atoms with Gasteiger partial charge in [-0.05, 0) is 44.7 Å². The van der Waals surface area contributed by atoms with Crippen molar-refractivity contribution in [1.29, 1.82) is 0 Å². The molecule has 2 N–H and O–H groups in total. The van der Waals surface area contributed by atoms with Gasteiger partial charge in [0.2, 0.25) is 10.0 Å². The molecule has 0 aromatic rings. The van der Waals surface area contributed by atoms with Crippen molar-refractivity contribution in [2.75, 3.05) is 18.8 Å². The monoisotopic (exact) mass is 276 g/mol. The van der Waals surface area contributed by atoms with Gasteiger partial charge >= 0.3 is 0 Å². The molecule has 0 radical (unpaired) electrons. The van der Waals surface area contributed by atoms with E-state index in [4.69, 9.17) is 0 Å². The van der Waals surface area contributed by atoms with Gasteiger partial charge < -0.3 is 5.32 Å². The number of sulfonamides is 1. The maximum Gasteiger partial charge on any atom is 0.212 e. The third-order valence-electron chi connectivity index (χ3n) is 3.98. The van der Waals surface area contributed by atoms with E-state index < -0.39 is 10.0 Å². The number of hydrogen-bond donors (Lipinski definition) is 2. The molecule has 5 heteroatoms. The van der Waals surface area contributed by atoms with Crippen LogP contribution in [-0.2, 0) is 10.0 Å². The first-order valence-electron chi connectivity index (χ1n) is 7.19. The van der Waals surface area contributed by atoms with E-state index in [-0.39, 0.29) is 17.7 Å². The molecule has 1 heterocycles. The summed E-state index contributed by atoms with van der Waals surface area (Å²) in [6, 6.07) is 0.0431. The topological polar surface area (TPSA) is 58.2 Å². The van der Waals surface area contributed by atoms with Gasteiger partial charge in [0.15, 0.2) is 0 Å². The lowest BCUT2D eigenvalue weighted by molar-refractivity contribution is 0.380. The van der Waals surface area contributed by atoms with Crippen LogP contribution in [0.1, 0.15) is 46.5 Å². The van der Waals surface area contributed by atoms with E-state index in [9.17, 15) is 8.42 Å². The van der Waals surface area contributed by atoms with Gasteiger partial charge in [0.05, 0.1) is 5.75 Å². The summed E-state index contributed by atoms with van der Waals surface area (Å²) in [6.07, 6.45) is 4.14. The second-order valence-electron chi connectivity index (χ2n) is 5.48. The minimum absolute atomic E-state index is 0.0431. The van der Waals surface area contributed by atoms with Gasteiger partial charge in [0.1, 0.15) is 0 Å². The Bertz CT molecular complexity index is 320. The van der Waals surface area contributed by atoms with E-state index in [0.29, 0.717) is 5.92 Å². The van der Waals surface area contributed by atoms with Crippen LogP contribution >= 0.6 is 0 Å². The Morgan fingerprint density at radius 1 is 1.33 bits per heavy atom. The van der Waals surface area contributed by atoms with Crippen molar-refractivity contribution in [3.05, 3.63) is 0 Å². The third kappa shape index (κ3) is 5.24. The highest BCUT2D eigenvalue weighted by Crippen LogP contribution is 2.16. The largest absolute Gasteiger partial charge is 0.316 e. The maximum atomic E-state index is 12.1. The fourth-order valence-corrected chi connectivity index (χ4v) is 4.56. The lowest BCUT2D eigenvalue weighted by Gasteiger charge is -2.26. The highest BCUT2D eigenvalue weighted by molar-refractivity contribution is 7.89. The lowest BCUT2D eigenvalue weighted by Crippen LogP contribution is -2.42. The average Bonchev–Trinajstić information content (AvgIpc) is 2.30. The Hall–Kier alpha value is -0.130. The van der Waals surface area contributed by atoms with E-state index in [1.807, 2.05) is 6.92 Å². The van der Waals surface area contributed by atoms with Crippen molar-refractivity contribution in [1.82, 2.24) is 10.0 Å². The Kier molecular flexibility index (Phi) is 6.60. The fraction of sp³-hybridized carbons (Fsp3) is 1.00. The molecule has 4 nitrogen and oxygen atoms in total. The van der Waals surface area contributed by atoms with Crippen LogP contribution in [0.2, 0.25) is 0 Å². The van der Waals surface area contributed by atoms with E-state index in [1.165, 1.54) is 0 Å². The number of nitrogens with one attached hydrogen (secondary N) is 2. The first-order chi connectivity index (χ1) is 8.48. The van der Waals surface area contributed by atoms with Crippen LogP contribution in [0, 0.1) is 11.8 Å². The Morgan fingerprint density at radius 3 is 2.50 bits per heavy atom. The molecular formula is C13H28N2O2S. The second kappa shape index (κ2) is 7.46. The summed E-state index contributed by atoms with van der Waals surface area (Å²) in [7, 11) is -3.14. The zero-order valence-corrected chi connectivity index (χ0v) is 12.7. The van der Waals surface area contributed by atoms with Crippen LogP contribution in [0.3, 0.4) is 0 Å². The third-order valence-corrected chi connectivity index (χ3v) is 5.62. The molecule has 0 spiro atoms. The molecule has 0 aromatic carbocycles. The molecule has 0 bridgehead atoms. The van der Waals surface area contributed by atoms with Crippen LogP contribution < -0.4 is 10.0 Å². The Balaban J connectivity index is 2.47. The molecule has 108 valence electrons. The van der Waals surface area contributed by atoms with E-state index in [2.05, 4.69) is 23.9 Å². The summed E-state index contributed by atoms with van der Waals surface area (Å²) in [5.41, 5.74) is 0. The zero-order valence-electron chi connectivity index (χ0n) is 11.9. The van der Waals surface area contributed by atoms with Gasteiger partial charge in [-0.3, -0.25) is 0 Å². The molecule has 1 fully saturated rings. The molecule has 1 saturated heterocycles. The molecule has 1 aliphatic heterocycles. The molecule has 2 unspecified atom stereocenters. The minimum Gasteiger partial charge on any atom is -0.316 e. The zero-order chi connectivity index (χ0) is 13.6. The predicted octanol–water partition coefficient (Wildman–Crippen LogP) is 1.73. The van der Waals surface area contributed by atoms with Gasteiger partial charge in [-0.25, -0.2) is 13.1 Å². The second-order valence-corrected chi connectivity index (χ2v) is 7.28. The summed E-state index contributed by atoms with van der Waals surface area (Å²) >= 11 is 0. The summed E-state index contributed by atoms with van der Waals surface area (Å²) in [4.78, 5) is 0. The van der Waals surface area contributed by atoms with Gasteiger partial charge in [-0.15, -0.1) is 0 Å². The predicted molar refractivity (Wildman–Crippen MR) is 76.1 cm³/mol. The number of piperidine rings is 1. The Morgan fingerprint density at radius 2 is 2.00 bits per heavy atom. The van der Waals surface area contributed by atoms with Crippen molar-refractivity contribution in [2.24, 2.45) is 11.8 Å². The van der Waals surface area contributed by atoms with Gasteiger partial charge in [0, 0.05) is 6.04 Å². The van der Waals surface area contributed by atoms with Crippen molar-refractivity contribution in [3.63, 3.8) is 0 Å². The quantitative estimate of drug-likeness (QED) is 0.744. The molecule has 0 saturated carbocycles.